The maximum Gasteiger partial charge on any atom is 0.342 e. The number of ether oxygens (including phenoxy) is 1. The molecule has 4 nitrogen and oxygen atoms in total. The molecule has 62 valence electrons. The van der Waals surface area contributed by atoms with Gasteiger partial charge in [0, 0.05) is 6.20 Å². The zero-order valence-electron chi connectivity index (χ0n) is 6.06. The highest BCUT2D eigenvalue weighted by molar-refractivity contribution is 9.18. The minimum Gasteiger partial charge on any atom is -0.462 e. The number of hydrogen-bond donors (Lipinski definition) is 2. The zero-order chi connectivity index (χ0) is 8.85. The molecule has 0 saturated heterocycles. The second-order valence-corrected chi connectivity index (χ2v) is 2.41. The fraction of sp³-hybridized carbons (Fsp3) is 0.333. The van der Waals surface area contributed by atoms with E-state index in [0.29, 0.717) is 0 Å². The van der Waals surface area contributed by atoms with Crippen molar-refractivity contribution in [2.45, 2.75) is 6.92 Å². The molecular weight excluding hydrogens is 212 g/mol. The molecule has 0 aromatic rings. The van der Waals surface area contributed by atoms with Gasteiger partial charge in [0.25, 0.3) is 0 Å². The number of nitrogens with two attached hydrogens (primary N) is 1. The van der Waals surface area contributed by atoms with Gasteiger partial charge in [0.05, 0.1) is 6.61 Å². The van der Waals surface area contributed by atoms with Crippen molar-refractivity contribution in [1.82, 2.24) is 0 Å². The first-order valence-electron chi connectivity index (χ1n) is 2.97. The first kappa shape index (κ1) is 10.2. The quantitative estimate of drug-likeness (QED) is 0.419. The molecule has 0 radical (unpaired) electrons. The molecule has 0 spiro atoms. The first-order valence-corrected chi connectivity index (χ1v) is 3.76. The molecule has 0 atom stereocenters. The molecular formula is C6H9BrN2O2. The molecule has 3 N–H and O–H groups in total. The van der Waals surface area contributed by atoms with Crippen LogP contribution in [-0.2, 0) is 9.53 Å². The molecule has 11 heavy (non-hydrogen) atoms. The number of halogens is 1. The molecule has 0 bridgehead atoms. The predicted molar refractivity (Wildman–Crippen MR) is 45.6 cm³/mol. The van der Waals surface area contributed by atoms with Gasteiger partial charge in [0.15, 0.2) is 0 Å². The molecule has 0 unspecified atom stereocenters. The van der Waals surface area contributed by atoms with E-state index in [1.165, 1.54) is 0 Å². The summed E-state index contributed by atoms with van der Waals surface area (Å²) in [4.78, 5) is 10.9. The normalized spacial score (nSPS) is 10.9. The van der Waals surface area contributed by atoms with E-state index in [4.69, 9.17) is 11.1 Å². The predicted octanol–water partition coefficient (Wildman–Crippen LogP) is 0.764. The third-order valence-corrected chi connectivity index (χ3v) is 1.33. The van der Waals surface area contributed by atoms with Gasteiger partial charge in [0.2, 0.25) is 0 Å². The van der Waals surface area contributed by atoms with Crippen LogP contribution in [0, 0.1) is 5.41 Å². The summed E-state index contributed by atoms with van der Waals surface area (Å²) < 4.78 is 4.53. The smallest absolute Gasteiger partial charge is 0.342 e. The molecule has 0 rings (SSSR count). The highest BCUT2D eigenvalue weighted by Gasteiger charge is 2.12. The Morgan fingerprint density at radius 1 is 1.82 bits per heavy atom. The van der Waals surface area contributed by atoms with Crippen LogP contribution in [0.1, 0.15) is 6.92 Å². The molecule has 0 heterocycles. The lowest BCUT2D eigenvalue weighted by atomic mass is 10.3. The Morgan fingerprint density at radius 2 is 2.36 bits per heavy atom. The maximum atomic E-state index is 10.9. The summed E-state index contributed by atoms with van der Waals surface area (Å²) in [5, 5.41) is 7.03. The second-order valence-electron chi connectivity index (χ2n) is 1.61. The summed E-state index contributed by atoms with van der Waals surface area (Å²) in [5.41, 5.74) is 5.11. The van der Waals surface area contributed by atoms with E-state index in [2.05, 4.69) is 20.7 Å². The van der Waals surface area contributed by atoms with E-state index in [-0.39, 0.29) is 16.8 Å². The van der Waals surface area contributed by atoms with Crippen molar-refractivity contribution in [3.05, 3.63) is 11.8 Å². The van der Waals surface area contributed by atoms with Gasteiger partial charge in [-0.3, -0.25) is 5.41 Å². The van der Waals surface area contributed by atoms with E-state index < -0.39 is 5.97 Å². The SMILES string of the molecule is CCOC(=O)/C(=C/N)C(=N)Br. The maximum absolute atomic E-state index is 10.9. The third kappa shape index (κ3) is 3.18. The molecule has 0 saturated carbocycles. The van der Waals surface area contributed by atoms with Crippen LogP contribution >= 0.6 is 15.9 Å². The van der Waals surface area contributed by atoms with Crippen molar-refractivity contribution < 1.29 is 9.53 Å². The lowest BCUT2D eigenvalue weighted by molar-refractivity contribution is -0.137. The van der Waals surface area contributed by atoms with Crippen LogP contribution in [0.4, 0.5) is 0 Å². The molecule has 5 heteroatoms. The van der Waals surface area contributed by atoms with E-state index in [1.807, 2.05) is 0 Å². The van der Waals surface area contributed by atoms with E-state index in [9.17, 15) is 4.79 Å². The molecule has 0 aliphatic heterocycles. The van der Waals surface area contributed by atoms with Crippen LogP contribution in [0.15, 0.2) is 11.8 Å². The lowest BCUT2D eigenvalue weighted by Crippen LogP contribution is -2.13. The molecule has 0 fully saturated rings. The summed E-state index contributed by atoms with van der Waals surface area (Å²) in [6.07, 6.45) is 1.04. The zero-order valence-corrected chi connectivity index (χ0v) is 7.64. The Labute approximate surface area is 73.0 Å². The number of esters is 1. The van der Waals surface area contributed by atoms with Crippen LogP contribution in [0.3, 0.4) is 0 Å². The van der Waals surface area contributed by atoms with Crippen molar-refractivity contribution in [3.63, 3.8) is 0 Å². The first-order chi connectivity index (χ1) is 5.13. The van der Waals surface area contributed by atoms with Crippen molar-refractivity contribution >= 4 is 26.5 Å². The van der Waals surface area contributed by atoms with E-state index in [1.54, 1.807) is 6.92 Å². The second kappa shape index (κ2) is 4.90. The van der Waals surface area contributed by atoms with Gasteiger partial charge in [0.1, 0.15) is 10.2 Å². The van der Waals surface area contributed by atoms with Gasteiger partial charge in [-0.25, -0.2) is 4.79 Å². The average Bonchev–Trinajstić information content (AvgIpc) is 1.88. The van der Waals surface area contributed by atoms with Gasteiger partial charge in [-0.1, -0.05) is 0 Å². The standard InChI is InChI=1S/C6H9BrN2O2/c1-2-11-6(10)4(3-8)5(7)9/h3,9H,2,8H2,1H3/b4-3+,9-5?. The Hall–Kier alpha value is -0.840. The van der Waals surface area contributed by atoms with E-state index in [0.717, 1.165) is 6.20 Å². The Balaban J connectivity index is 4.29. The lowest BCUT2D eigenvalue weighted by Gasteiger charge is -2.01. The van der Waals surface area contributed by atoms with Crippen LogP contribution in [0.5, 0.6) is 0 Å². The Morgan fingerprint density at radius 3 is 2.64 bits per heavy atom. The number of rotatable bonds is 3. The summed E-state index contributed by atoms with van der Waals surface area (Å²) in [5.74, 6) is -0.586. The van der Waals surface area contributed by atoms with Gasteiger partial charge in [-0.15, -0.1) is 0 Å². The summed E-state index contributed by atoms with van der Waals surface area (Å²) in [7, 11) is 0. The summed E-state index contributed by atoms with van der Waals surface area (Å²) in [6.45, 7) is 1.96. The fourth-order valence-corrected chi connectivity index (χ4v) is 0.734. The Kier molecular flexibility index (Phi) is 4.52. The number of carbonyl (C=O) groups excluding carboxylic acids is 1. The minimum absolute atomic E-state index is 0.0341. The summed E-state index contributed by atoms with van der Waals surface area (Å²) >= 11 is 2.81. The van der Waals surface area contributed by atoms with Gasteiger partial charge in [-0.05, 0) is 22.9 Å². The molecule has 0 aromatic heterocycles. The molecule has 0 aromatic carbocycles. The largest absolute Gasteiger partial charge is 0.462 e. The van der Waals surface area contributed by atoms with Crippen LogP contribution in [-0.4, -0.2) is 17.2 Å². The van der Waals surface area contributed by atoms with Crippen LogP contribution in [0.25, 0.3) is 0 Å². The topological polar surface area (TPSA) is 76.2 Å². The van der Waals surface area contributed by atoms with Crippen molar-refractivity contribution in [3.8, 4) is 0 Å². The van der Waals surface area contributed by atoms with Crippen LogP contribution in [0.2, 0.25) is 0 Å². The highest BCUT2D eigenvalue weighted by Crippen LogP contribution is 2.03. The molecule has 0 amide bonds. The van der Waals surface area contributed by atoms with Crippen LogP contribution < -0.4 is 5.73 Å². The highest BCUT2D eigenvalue weighted by atomic mass is 79.9. The van der Waals surface area contributed by atoms with Crippen molar-refractivity contribution in [2.75, 3.05) is 6.61 Å². The van der Waals surface area contributed by atoms with Gasteiger partial charge >= 0.3 is 5.97 Å². The Bertz CT molecular complexity index is 201. The molecule has 0 aliphatic carbocycles. The van der Waals surface area contributed by atoms with Crippen molar-refractivity contribution in [2.24, 2.45) is 5.73 Å². The monoisotopic (exact) mass is 220 g/mol. The van der Waals surface area contributed by atoms with Crippen molar-refractivity contribution in [1.29, 1.82) is 5.41 Å². The fourth-order valence-electron chi connectivity index (χ4n) is 0.440. The van der Waals surface area contributed by atoms with Gasteiger partial charge in [-0.2, -0.15) is 0 Å². The van der Waals surface area contributed by atoms with E-state index >= 15 is 0 Å². The average molecular weight is 221 g/mol. The number of nitrogens with one attached hydrogen (secondary N) is 1. The van der Waals surface area contributed by atoms with Gasteiger partial charge < -0.3 is 10.5 Å². The minimum atomic E-state index is -0.586. The molecule has 0 aliphatic rings. The third-order valence-electron chi connectivity index (χ3n) is 0.898. The summed E-state index contributed by atoms with van der Waals surface area (Å²) in [6, 6.07) is 0. The number of hydrogen-bond acceptors (Lipinski definition) is 4. The number of carbonyl (C=O) groups is 1.